The molecule has 5 rings (SSSR count). The zero-order chi connectivity index (χ0) is 30.0. The highest BCUT2D eigenvalue weighted by Crippen LogP contribution is 2.35. The molecule has 14 heteroatoms. The van der Waals surface area contributed by atoms with Crippen LogP contribution < -0.4 is 14.8 Å². The second kappa shape index (κ2) is 12.4. The molecule has 0 spiro atoms. The highest BCUT2D eigenvalue weighted by atomic mass is 32.1. The first kappa shape index (κ1) is 29.4. The minimum Gasteiger partial charge on any atom is -0.468 e. The van der Waals surface area contributed by atoms with Gasteiger partial charge in [0.1, 0.15) is 36.0 Å². The summed E-state index contributed by atoms with van der Waals surface area (Å²) >= 11 is 2.38. The van der Waals surface area contributed by atoms with E-state index < -0.39 is 36.6 Å². The van der Waals surface area contributed by atoms with Gasteiger partial charge in [-0.1, -0.05) is 47.2 Å². The van der Waals surface area contributed by atoms with Crippen LogP contribution in [-0.4, -0.2) is 76.1 Å². The molecule has 42 heavy (non-hydrogen) atoms. The molecule has 0 saturated heterocycles. The molecular formula is C28H25N5O7S2. The van der Waals surface area contributed by atoms with Crippen molar-refractivity contribution < 1.29 is 30.3 Å². The van der Waals surface area contributed by atoms with Gasteiger partial charge in [0.15, 0.2) is 12.4 Å². The van der Waals surface area contributed by atoms with Crippen molar-refractivity contribution in [1.29, 1.82) is 5.26 Å². The monoisotopic (exact) mass is 607 g/mol. The summed E-state index contributed by atoms with van der Waals surface area (Å²) in [5, 5.41) is 64.6. The summed E-state index contributed by atoms with van der Waals surface area (Å²) in [7, 11) is 0. The Balaban J connectivity index is 1.43. The van der Waals surface area contributed by atoms with E-state index in [2.05, 4.69) is 21.1 Å². The quantitative estimate of drug-likeness (QED) is 0.149. The molecular weight excluding hydrogens is 582 g/mol. The van der Waals surface area contributed by atoms with Crippen molar-refractivity contribution in [1.82, 2.24) is 19.6 Å². The molecule has 1 aromatic carbocycles. The SMILES string of the molecule is Cc1ccc(-c2cc(-c3cccs3)nc(OCc3nc4s/c(=C/[C@H](O)[C@@H](O)[C@H](O)[C@H](O)CO)c(=O)n4n3)c2C#N)cc1. The Morgan fingerprint density at radius 1 is 1.12 bits per heavy atom. The first-order valence-corrected chi connectivity index (χ1v) is 14.3. The largest absolute Gasteiger partial charge is 0.468 e. The smallest absolute Gasteiger partial charge is 0.290 e. The van der Waals surface area contributed by atoms with Gasteiger partial charge in [0.25, 0.3) is 5.56 Å². The molecule has 5 aromatic rings. The third kappa shape index (κ3) is 5.94. The van der Waals surface area contributed by atoms with Gasteiger partial charge >= 0.3 is 0 Å². The van der Waals surface area contributed by atoms with Gasteiger partial charge in [0.2, 0.25) is 10.8 Å². The summed E-state index contributed by atoms with van der Waals surface area (Å²) in [5.74, 6) is 0.241. The van der Waals surface area contributed by atoms with Crippen molar-refractivity contribution in [3.63, 3.8) is 0 Å². The number of nitrogens with zero attached hydrogens (tertiary/aromatic N) is 5. The molecule has 5 N–H and O–H groups in total. The van der Waals surface area contributed by atoms with Crippen molar-refractivity contribution in [3.05, 3.63) is 79.7 Å². The van der Waals surface area contributed by atoms with Crippen LogP contribution in [0.25, 0.3) is 32.7 Å². The van der Waals surface area contributed by atoms with E-state index in [9.17, 15) is 30.5 Å². The summed E-state index contributed by atoms with van der Waals surface area (Å²) in [5.41, 5.74) is 2.80. The Hall–Kier alpha value is -4.07. The molecule has 216 valence electrons. The van der Waals surface area contributed by atoms with Gasteiger partial charge in [0, 0.05) is 5.56 Å². The highest BCUT2D eigenvalue weighted by Gasteiger charge is 2.29. The highest BCUT2D eigenvalue weighted by molar-refractivity contribution is 7.15. The average molecular weight is 608 g/mol. The van der Waals surface area contributed by atoms with E-state index in [1.54, 1.807) is 0 Å². The van der Waals surface area contributed by atoms with Crippen molar-refractivity contribution in [2.24, 2.45) is 0 Å². The molecule has 0 aliphatic rings. The number of pyridine rings is 1. The van der Waals surface area contributed by atoms with Crippen LogP contribution in [0.1, 0.15) is 17.0 Å². The number of aryl methyl sites for hydroxylation is 1. The van der Waals surface area contributed by atoms with E-state index in [0.717, 1.165) is 37.9 Å². The summed E-state index contributed by atoms with van der Waals surface area (Å²) in [4.78, 5) is 22.8. The fourth-order valence-corrected chi connectivity index (χ4v) is 5.74. The number of rotatable bonds is 10. The Bertz CT molecular complexity index is 1850. The molecule has 12 nitrogen and oxygen atoms in total. The molecule has 0 aliphatic carbocycles. The average Bonchev–Trinajstić information content (AvgIpc) is 3.74. The standard InChI is InChI=1S/C28H25N5O7S2/c1-14-4-6-15(7-5-14)16-9-18(21-3-2-8-41-21)30-26(17(16)11-29)40-13-23-31-28-33(32-23)27(39)22(42-28)10-19(35)24(37)25(38)20(36)12-34/h2-10,19-20,24-25,34-38H,12-13H2,1H3/b22-10+/t19-,20+,24+,25+/m0/s1. The summed E-state index contributed by atoms with van der Waals surface area (Å²) < 4.78 is 6.95. The van der Waals surface area contributed by atoms with Crippen LogP contribution in [0, 0.1) is 18.3 Å². The molecule has 0 aliphatic heterocycles. The van der Waals surface area contributed by atoms with Crippen molar-refractivity contribution in [2.45, 2.75) is 37.9 Å². The van der Waals surface area contributed by atoms with Gasteiger partial charge in [-0.15, -0.1) is 16.4 Å². The van der Waals surface area contributed by atoms with E-state index in [1.807, 2.05) is 54.8 Å². The van der Waals surface area contributed by atoms with Gasteiger partial charge in [-0.05, 0) is 36.1 Å². The molecule has 0 unspecified atom stereocenters. The molecule has 4 aromatic heterocycles. The number of hydrogen-bond acceptors (Lipinski definition) is 13. The van der Waals surface area contributed by atoms with E-state index >= 15 is 0 Å². The number of benzene rings is 1. The lowest BCUT2D eigenvalue weighted by Crippen LogP contribution is -2.45. The van der Waals surface area contributed by atoms with E-state index in [-0.39, 0.29) is 33.4 Å². The van der Waals surface area contributed by atoms with E-state index in [0.29, 0.717) is 11.3 Å². The third-order valence-electron chi connectivity index (χ3n) is 6.40. The van der Waals surface area contributed by atoms with Crippen LogP contribution in [0.2, 0.25) is 0 Å². The number of thiophene rings is 1. The van der Waals surface area contributed by atoms with Gasteiger partial charge in [-0.25, -0.2) is 4.98 Å². The number of aliphatic hydroxyl groups excluding tert-OH is 5. The lowest BCUT2D eigenvalue weighted by atomic mass is 9.99. The fourth-order valence-electron chi connectivity index (χ4n) is 4.12. The van der Waals surface area contributed by atoms with Crippen LogP contribution in [-0.2, 0) is 6.61 Å². The summed E-state index contributed by atoms with van der Waals surface area (Å²) in [6.45, 7) is 0.962. The van der Waals surface area contributed by atoms with Gasteiger partial charge in [-0.2, -0.15) is 14.8 Å². The third-order valence-corrected chi connectivity index (χ3v) is 8.27. The maximum atomic E-state index is 12.8. The maximum absolute atomic E-state index is 12.8. The van der Waals surface area contributed by atoms with Crippen LogP contribution >= 0.6 is 22.7 Å². The number of nitriles is 1. The summed E-state index contributed by atoms with van der Waals surface area (Å²) in [6.07, 6.45) is -6.06. The Labute approximate surface area is 246 Å². The normalized spacial score (nSPS) is 14.9. The second-order valence-corrected chi connectivity index (χ2v) is 11.3. The van der Waals surface area contributed by atoms with Gasteiger partial charge in [0.05, 0.1) is 21.7 Å². The maximum Gasteiger partial charge on any atom is 0.290 e. The number of fused-ring (bicyclic) bond motifs is 1. The number of aromatic nitrogens is 4. The van der Waals surface area contributed by atoms with Crippen molar-refractivity contribution in [3.8, 4) is 33.6 Å². The van der Waals surface area contributed by atoms with Crippen LogP contribution in [0.5, 0.6) is 5.88 Å². The van der Waals surface area contributed by atoms with Crippen molar-refractivity contribution in [2.75, 3.05) is 6.61 Å². The van der Waals surface area contributed by atoms with Crippen LogP contribution in [0.15, 0.2) is 52.6 Å². The molecule has 4 heterocycles. The Morgan fingerprint density at radius 2 is 1.88 bits per heavy atom. The predicted octanol–water partition coefficient (Wildman–Crippen LogP) is 0.636. The zero-order valence-electron chi connectivity index (χ0n) is 22.0. The molecule has 4 atom stereocenters. The van der Waals surface area contributed by atoms with E-state index in [1.165, 1.54) is 11.3 Å². The number of hydrogen-bond donors (Lipinski definition) is 5. The minimum atomic E-state index is -1.85. The fraction of sp³-hybridized carbons (Fsp3) is 0.250. The molecule has 0 amide bonds. The summed E-state index contributed by atoms with van der Waals surface area (Å²) in [6, 6.07) is 15.6. The van der Waals surface area contributed by atoms with Gasteiger partial charge < -0.3 is 30.3 Å². The number of thiazole rings is 1. The number of aliphatic hydroxyl groups is 5. The van der Waals surface area contributed by atoms with E-state index in [4.69, 9.17) is 9.84 Å². The lowest BCUT2D eigenvalue weighted by Gasteiger charge is -2.23. The van der Waals surface area contributed by atoms with Crippen molar-refractivity contribution >= 4 is 33.7 Å². The molecule has 0 fully saturated rings. The first-order valence-electron chi connectivity index (χ1n) is 12.6. The first-order chi connectivity index (χ1) is 20.2. The predicted molar refractivity (Wildman–Crippen MR) is 155 cm³/mol. The molecule has 0 saturated carbocycles. The Morgan fingerprint density at radius 3 is 2.52 bits per heavy atom. The van der Waals surface area contributed by atoms with Gasteiger partial charge in [-0.3, -0.25) is 4.79 Å². The topological polar surface area (TPSA) is 194 Å². The van der Waals surface area contributed by atoms with Crippen LogP contribution in [0.4, 0.5) is 0 Å². The second-order valence-electron chi connectivity index (χ2n) is 9.36. The number of ether oxygens (including phenoxy) is 1. The zero-order valence-corrected chi connectivity index (χ0v) is 23.7. The lowest BCUT2D eigenvalue weighted by molar-refractivity contribution is -0.102. The minimum absolute atomic E-state index is 0.00507. The molecule has 0 bridgehead atoms. The van der Waals surface area contributed by atoms with Crippen LogP contribution in [0.3, 0.4) is 0 Å². The Kier molecular flexibility index (Phi) is 8.71. The molecule has 0 radical (unpaired) electrons.